The number of aliphatic hydroxyl groups is 1. The maximum atomic E-state index is 14.9. The summed E-state index contributed by atoms with van der Waals surface area (Å²) in [6, 6.07) is 5.36. The predicted octanol–water partition coefficient (Wildman–Crippen LogP) is 3.84. The van der Waals surface area contributed by atoms with Crippen LogP contribution in [0.3, 0.4) is 0 Å². The van der Waals surface area contributed by atoms with E-state index in [1.54, 1.807) is 0 Å². The predicted molar refractivity (Wildman–Crippen MR) is 93.6 cm³/mol. The first-order valence-corrected chi connectivity index (χ1v) is 8.35. The molecule has 27 heavy (non-hydrogen) atoms. The molecule has 0 heterocycles. The van der Waals surface area contributed by atoms with E-state index in [1.807, 2.05) is 0 Å². The monoisotopic (exact) mass is 374 g/mol. The van der Waals surface area contributed by atoms with Crippen molar-refractivity contribution in [2.24, 2.45) is 5.92 Å². The molecule has 0 amide bonds. The quantitative estimate of drug-likeness (QED) is 0.828. The van der Waals surface area contributed by atoms with Crippen molar-refractivity contribution in [2.45, 2.75) is 24.9 Å². The Labute approximate surface area is 154 Å². The molecule has 0 radical (unpaired) electrons. The molecule has 1 aliphatic rings. The Balaban J connectivity index is 2.08. The van der Waals surface area contributed by atoms with E-state index in [9.17, 15) is 23.1 Å². The van der Waals surface area contributed by atoms with Gasteiger partial charge in [-0.2, -0.15) is 0 Å². The third-order valence-corrected chi connectivity index (χ3v) is 4.85. The van der Waals surface area contributed by atoms with Crippen LogP contribution in [0.25, 0.3) is 11.1 Å². The fourth-order valence-corrected chi connectivity index (χ4v) is 3.59. The number of ether oxygens (including phenoxy) is 1. The molecular weight excluding hydrogens is 357 g/mol. The number of aliphatic hydroxyl groups excluding tert-OH is 1. The molecule has 6 heteroatoms. The van der Waals surface area contributed by atoms with E-state index in [-0.39, 0.29) is 41.1 Å². The van der Waals surface area contributed by atoms with Gasteiger partial charge in [0, 0.05) is 29.5 Å². The lowest BCUT2D eigenvalue weighted by Gasteiger charge is -2.19. The van der Waals surface area contributed by atoms with Gasteiger partial charge in [-0.05, 0) is 36.2 Å². The number of hydrogen-bond acceptors (Lipinski definition) is 3. The van der Waals surface area contributed by atoms with Crippen LogP contribution in [-0.2, 0) is 4.79 Å². The number of carbonyl (C=O) groups is 1. The van der Waals surface area contributed by atoms with Crippen LogP contribution in [0.5, 0.6) is 5.75 Å². The zero-order valence-electron chi connectivity index (χ0n) is 14.5. The maximum Gasteiger partial charge on any atom is 0.147 e. The molecule has 3 rings (SSSR count). The molecule has 3 unspecified atom stereocenters. The molecule has 0 aromatic heterocycles. The number of ketones is 1. The lowest BCUT2D eigenvalue weighted by molar-refractivity contribution is -0.122. The highest BCUT2D eigenvalue weighted by atomic mass is 19.1. The van der Waals surface area contributed by atoms with Gasteiger partial charge in [0.15, 0.2) is 0 Å². The largest absolute Gasteiger partial charge is 0.496 e. The Morgan fingerprint density at radius 3 is 2.59 bits per heavy atom. The first-order chi connectivity index (χ1) is 12.9. The lowest BCUT2D eigenvalue weighted by atomic mass is 9.90. The summed E-state index contributed by atoms with van der Waals surface area (Å²) >= 11 is 0. The summed E-state index contributed by atoms with van der Waals surface area (Å²) in [5.74, 6) is -2.02. The van der Waals surface area contributed by atoms with E-state index < -0.39 is 35.4 Å². The third kappa shape index (κ3) is 3.43. The number of halogens is 3. The maximum absolute atomic E-state index is 14.9. The number of methoxy groups -OCH3 is 1. The smallest absolute Gasteiger partial charge is 0.147 e. The van der Waals surface area contributed by atoms with Crippen LogP contribution < -0.4 is 4.74 Å². The number of rotatable bonds is 4. The number of terminal acetylenes is 1. The van der Waals surface area contributed by atoms with Crippen LogP contribution in [-0.4, -0.2) is 24.1 Å². The summed E-state index contributed by atoms with van der Waals surface area (Å²) in [5, 5.41) is 10.3. The standard InChI is InChI=1S/C21H17F3O3/c1-3-4-11-8-17(25)20(21(11)26)19-16(24)7-12(9-18(19)27-2)14-6-5-13(22)10-15(14)23/h1,5-7,9-11,17,20,25H,4,8H2,2H3. The third-order valence-electron chi connectivity index (χ3n) is 4.85. The lowest BCUT2D eigenvalue weighted by Crippen LogP contribution is -2.20. The first kappa shape index (κ1) is 19.0. The van der Waals surface area contributed by atoms with Crippen molar-refractivity contribution >= 4 is 5.78 Å². The van der Waals surface area contributed by atoms with Crippen molar-refractivity contribution in [3.63, 3.8) is 0 Å². The highest BCUT2D eigenvalue weighted by molar-refractivity contribution is 5.92. The molecular formula is C21H17F3O3. The van der Waals surface area contributed by atoms with Crippen LogP contribution in [0.4, 0.5) is 13.2 Å². The van der Waals surface area contributed by atoms with E-state index in [0.717, 1.165) is 12.1 Å². The molecule has 1 aliphatic carbocycles. The molecule has 3 atom stereocenters. The topological polar surface area (TPSA) is 46.5 Å². The molecule has 1 N–H and O–H groups in total. The second-order valence-corrected chi connectivity index (χ2v) is 6.49. The van der Waals surface area contributed by atoms with E-state index in [2.05, 4.69) is 5.92 Å². The van der Waals surface area contributed by atoms with Gasteiger partial charge in [-0.25, -0.2) is 13.2 Å². The molecule has 0 spiro atoms. The normalized spacial score (nSPS) is 21.9. The number of carbonyl (C=O) groups excluding carboxylic acids is 1. The average Bonchev–Trinajstić information content (AvgIpc) is 2.88. The van der Waals surface area contributed by atoms with E-state index in [1.165, 1.54) is 19.2 Å². The van der Waals surface area contributed by atoms with E-state index in [0.29, 0.717) is 6.07 Å². The van der Waals surface area contributed by atoms with Crippen molar-refractivity contribution in [3.05, 3.63) is 53.3 Å². The Morgan fingerprint density at radius 2 is 1.96 bits per heavy atom. The van der Waals surface area contributed by atoms with Crippen LogP contribution in [0.1, 0.15) is 24.3 Å². The number of Topliss-reactive ketones (excluding diaryl/α,β-unsaturated/α-hetero) is 1. The average molecular weight is 374 g/mol. The van der Waals surface area contributed by atoms with Crippen LogP contribution in [0.15, 0.2) is 30.3 Å². The highest BCUT2D eigenvalue weighted by Crippen LogP contribution is 2.43. The van der Waals surface area contributed by atoms with Crippen molar-refractivity contribution < 1.29 is 27.8 Å². The van der Waals surface area contributed by atoms with Gasteiger partial charge in [0.05, 0.1) is 19.1 Å². The van der Waals surface area contributed by atoms with Gasteiger partial charge in [0.1, 0.15) is 29.0 Å². The van der Waals surface area contributed by atoms with Gasteiger partial charge in [-0.3, -0.25) is 4.79 Å². The van der Waals surface area contributed by atoms with Crippen LogP contribution in [0, 0.1) is 35.7 Å². The second kappa shape index (κ2) is 7.45. The minimum absolute atomic E-state index is 0.00693. The Morgan fingerprint density at radius 1 is 1.22 bits per heavy atom. The van der Waals surface area contributed by atoms with Crippen molar-refractivity contribution in [3.8, 4) is 29.2 Å². The summed E-state index contributed by atoms with van der Waals surface area (Å²) < 4.78 is 47.3. The van der Waals surface area contributed by atoms with Gasteiger partial charge >= 0.3 is 0 Å². The molecule has 140 valence electrons. The molecule has 3 nitrogen and oxygen atoms in total. The number of hydrogen-bond donors (Lipinski definition) is 1. The molecule has 2 aromatic carbocycles. The molecule has 0 saturated heterocycles. The molecule has 2 aromatic rings. The molecule has 0 aliphatic heterocycles. The summed E-state index contributed by atoms with van der Waals surface area (Å²) in [6.45, 7) is 0. The second-order valence-electron chi connectivity index (χ2n) is 6.49. The molecule has 0 bridgehead atoms. The Bertz CT molecular complexity index is 933. The SMILES string of the molecule is C#CCC1CC(O)C(c2c(F)cc(-c3ccc(F)cc3F)cc2OC)C1=O. The first-order valence-electron chi connectivity index (χ1n) is 8.35. The van der Waals surface area contributed by atoms with Gasteiger partial charge in [-0.15, -0.1) is 12.3 Å². The van der Waals surface area contributed by atoms with E-state index >= 15 is 0 Å². The Hall–Kier alpha value is -2.78. The zero-order valence-corrected chi connectivity index (χ0v) is 14.5. The fourth-order valence-electron chi connectivity index (χ4n) is 3.59. The summed E-state index contributed by atoms with van der Waals surface area (Å²) in [4.78, 5) is 12.6. The zero-order chi connectivity index (χ0) is 19.7. The van der Waals surface area contributed by atoms with Crippen molar-refractivity contribution in [1.29, 1.82) is 0 Å². The van der Waals surface area contributed by atoms with Crippen molar-refractivity contribution in [2.75, 3.05) is 7.11 Å². The Kier molecular flexibility index (Phi) is 5.24. The summed E-state index contributed by atoms with van der Waals surface area (Å²) in [6.07, 6.45) is 4.47. The van der Waals surface area contributed by atoms with Gasteiger partial charge in [0.2, 0.25) is 0 Å². The fraction of sp³-hybridized carbons (Fsp3) is 0.286. The summed E-state index contributed by atoms with van der Waals surface area (Å²) in [5.41, 5.74) is 0.0372. The number of benzene rings is 2. The summed E-state index contributed by atoms with van der Waals surface area (Å²) in [7, 11) is 1.29. The minimum Gasteiger partial charge on any atom is -0.496 e. The highest BCUT2D eigenvalue weighted by Gasteiger charge is 2.44. The van der Waals surface area contributed by atoms with Crippen molar-refractivity contribution in [1.82, 2.24) is 0 Å². The van der Waals surface area contributed by atoms with Crippen LogP contribution in [0.2, 0.25) is 0 Å². The molecule has 1 fully saturated rings. The van der Waals surface area contributed by atoms with Crippen LogP contribution >= 0.6 is 0 Å². The minimum atomic E-state index is -1.11. The molecule has 1 saturated carbocycles. The van der Waals surface area contributed by atoms with Gasteiger partial charge in [-0.1, -0.05) is 0 Å². The van der Waals surface area contributed by atoms with E-state index in [4.69, 9.17) is 11.2 Å². The van der Waals surface area contributed by atoms with Gasteiger partial charge in [0.25, 0.3) is 0 Å². The van der Waals surface area contributed by atoms with Gasteiger partial charge < -0.3 is 9.84 Å².